The molecule has 0 aliphatic carbocycles. The Hall–Kier alpha value is -2.83. The van der Waals surface area contributed by atoms with Gasteiger partial charge in [-0.3, -0.25) is 14.6 Å². The Morgan fingerprint density at radius 1 is 1.00 bits per heavy atom. The molecule has 0 radical (unpaired) electrons. The number of carbonyl (C=O) groups excluding carboxylic acids is 2. The smallest absolute Gasteiger partial charge is 0.243 e. The van der Waals surface area contributed by atoms with Gasteiger partial charge in [0.1, 0.15) is 17.5 Å². The zero-order valence-corrected chi connectivity index (χ0v) is 14.0. The molecule has 2 amide bonds. The van der Waals surface area contributed by atoms with E-state index in [1.807, 2.05) is 36.4 Å². The lowest BCUT2D eigenvalue weighted by atomic mass is 9.82. The van der Waals surface area contributed by atoms with Crippen LogP contribution in [0.2, 0.25) is 0 Å². The number of nitrogens with zero attached hydrogens (tertiary/aromatic N) is 2. The van der Waals surface area contributed by atoms with Crippen molar-refractivity contribution >= 4 is 23.2 Å². The first-order valence-corrected chi connectivity index (χ1v) is 8.47. The molecule has 5 rings (SSSR count). The Morgan fingerprint density at radius 2 is 1.65 bits per heavy atom. The van der Waals surface area contributed by atoms with Crippen LogP contribution in [0.15, 0.2) is 65.7 Å². The number of benzene rings is 2. The van der Waals surface area contributed by atoms with Crippen molar-refractivity contribution in [3.8, 4) is 0 Å². The first-order chi connectivity index (χ1) is 12.7. The minimum Gasteiger partial charge on any atom is -0.347 e. The van der Waals surface area contributed by atoms with Crippen molar-refractivity contribution in [2.24, 2.45) is 16.8 Å². The molecule has 2 aromatic carbocycles. The number of amides is 2. The topological polar surface area (TPSA) is 68.2 Å². The molecule has 0 saturated carbocycles. The summed E-state index contributed by atoms with van der Waals surface area (Å²) in [7, 11) is 1.49. The Bertz CT molecular complexity index is 927. The standard InChI is InChI=1S/C20H16N2O4/c1-25-20-15-14(17(26-20)21-16(20)12-8-4-2-5-9-12)18(23)22(19(15)24)13-10-6-3-7-11-13/h2-11,14-15,17H,1H3. The number of aliphatic imine (C=N–C) groups is 1. The molecule has 130 valence electrons. The van der Waals surface area contributed by atoms with E-state index in [9.17, 15) is 9.59 Å². The van der Waals surface area contributed by atoms with Crippen molar-refractivity contribution in [3.63, 3.8) is 0 Å². The number of anilines is 1. The van der Waals surface area contributed by atoms with Crippen LogP contribution in [0.3, 0.4) is 0 Å². The fraction of sp³-hybridized carbons (Fsp3) is 0.250. The van der Waals surface area contributed by atoms with Gasteiger partial charge >= 0.3 is 0 Å². The zero-order chi connectivity index (χ0) is 17.9. The maximum absolute atomic E-state index is 13.2. The molecule has 4 atom stereocenters. The van der Waals surface area contributed by atoms with Crippen LogP contribution in [0.4, 0.5) is 5.69 Å². The molecular formula is C20H16N2O4. The lowest BCUT2D eigenvalue weighted by Crippen LogP contribution is -2.49. The summed E-state index contributed by atoms with van der Waals surface area (Å²) in [5, 5.41) is 0. The summed E-state index contributed by atoms with van der Waals surface area (Å²) in [4.78, 5) is 32.0. The van der Waals surface area contributed by atoms with Gasteiger partial charge in [-0.15, -0.1) is 0 Å². The summed E-state index contributed by atoms with van der Waals surface area (Å²) in [6, 6.07) is 18.4. The molecule has 0 N–H and O–H groups in total. The summed E-state index contributed by atoms with van der Waals surface area (Å²) in [5.74, 6) is -3.31. The Balaban J connectivity index is 1.61. The highest BCUT2D eigenvalue weighted by Gasteiger charge is 2.72. The molecule has 3 aliphatic rings. The van der Waals surface area contributed by atoms with Crippen molar-refractivity contribution in [1.29, 1.82) is 0 Å². The van der Waals surface area contributed by atoms with Gasteiger partial charge in [-0.25, -0.2) is 4.90 Å². The Kier molecular flexibility index (Phi) is 3.16. The SMILES string of the molecule is COC12OC(N=C1c1ccccc1)C1C(=O)N(c3ccccc3)C(=O)C12. The predicted octanol–water partition coefficient (Wildman–Crippen LogP) is 1.99. The van der Waals surface area contributed by atoms with Crippen molar-refractivity contribution in [3.05, 3.63) is 66.2 Å². The van der Waals surface area contributed by atoms with E-state index < -0.39 is 23.9 Å². The van der Waals surface area contributed by atoms with Crippen LogP contribution >= 0.6 is 0 Å². The Labute approximate surface area is 150 Å². The summed E-state index contributed by atoms with van der Waals surface area (Å²) >= 11 is 0. The number of para-hydroxylation sites is 1. The maximum Gasteiger partial charge on any atom is 0.243 e. The van der Waals surface area contributed by atoms with Crippen LogP contribution in [0.5, 0.6) is 0 Å². The second-order valence-corrected chi connectivity index (χ2v) is 6.57. The fourth-order valence-corrected chi connectivity index (χ4v) is 4.21. The van der Waals surface area contributed by atoms with E-state index in [1.165, 1.54) is 12.0 Å². The van der Waals surface area contributed by atoms with Gasteiger partial charge in [0, 0.05) is 12.7 Å². The first kappa shape index (κ1) is 15.4. The number of hydrogen-bond acceptors (Lipinski definition) is 5. The van der Waals surface area contributed by atoms with Crippen LogP contribution in [-0.2, 0) is 19.1 Å². The molecule has 2 fully saturated rings. The van der Waals surface area contributed by atoms with Gasteiger partial charge in [-0.1, -0.05) is 48.5 Å². The van der Waals surface area contributed by atoms with E-state index in [0.29, 0.717) is 11.4 Å². The normalized spacial score (nSPS) is 32.1. The maximum atomic E-state index is 13.2. The summed E-state index contributed by atoms with van der Waals surface area (Å²) in [6.07, 6.45) is -0.708. The zero-order valence-electron chi connectivity index (χ0n) is 14.0. The third kappa shape index (κ3) is 1.80. The van der Waals surface area contributed by atoms with Crippen LogP contribution in [0.25, 0.3) is 0 Å². The van der Waals surface area contributed by atoms with Gasteiger partial charge in [0.05, 0.1) is 5.69 Å². The van der Waals surface area contributed by atoms with Crippen molar-refractivity contribution < 1.29 is 19.1 Å². The van der Waals surface area contributed by atoms with Crippen molar-refractivity contribution in [2.75, 3.05) is 12.0 Å². The highest BCUT2D eigenvalue weighted by atomic mass is 16.7. The number of hydrogen-bond donors (Lipinski definition) is 0. The lowest BCUT2D eigenvalue weighted by Gasteiger charge is -2.30. The number of methoxy groups -OCH3 is 1. The average molecular weight is 348 g/mol. The van der Waals surface area contributed by atoms with E-state index in [2.05, 4.69) is 4.99 Å². The van der Waals surface area contributed by atoms with E-state index >= 15 is 0 Å². The molecule has 26 heavy (non-hydrogen) atoms. The molecule has 2 aromatic rings. The number of rotatable bonds is 3. The van der Waals surface area contributed by atoms with Gasteiger partial charge < -0.3 is 9.47 Å². The quantitative estimate of drug-likeness (QED) is 0.796. The van der Waals surface area contributed by atoms with Crippen molar-refractivity contribution in [1.82, 2.24) is 0 Å². The monoisotopic (exact) mass is 348 g/mol. The number of fused-ring (bicyclic) bond motifs is 5. The van der Waals surface area contributed by atoms with Gasteiger partial charge in [-0.05, 0) is 12.1 Å². The highest BCUT2D eigenvalue weighted by molar-refractivity contribution is 6.26. The fourth-order valence-electron chi connectivity index (χ4n) is 4.21. The van der Waals surface area contributed by atoms with Gasteiger partial charge in [-0.2, -0.15) is 0 Å². The van der Waals surface area contributed by atoms with E-state index in [1.54, 1.807) is 24.3 Å². The number of ether oxygens (including phenoxy) is 2. The summed E-state index contributed by atoms with van der Waals surface area (Å²) < 4.78 is 11.7. The minimum atomic E-state index is -1.33. The molecule has 2 saturated heterocycles. The minimum absolute atomic E-state index is 0.286. The van der Waals surface area contributed by atoms with E-state index in [0.717, 1.165) is 5.56 Å². The van der Waals surface area contributed by atoms with E-state index in [4.69, 9.17) is 9.47 Å². The third-order valence-electron chi connectivity index (χ3n) is 5.31. The third-order valence-corrected chi connectivity index (χ3v) is 5.31. The second kappa shape index (κ2) is 5.33. The van der Waals surface area contributed by atoms with Gasteiger partial charge in [0.15, 0.2) is 6.23 Å². The second-order valence-electron chi connectivity index (χ2n) is 6.57. The predicted molar refractivity (Wildman–Crippen MR) is 93.5 cm³/mol. The van der Waals surface area contributed by atoms with Crippen LogP contribution < -0.4 is 4.90 Å². The molecule has 3 heterocycles. The van der Waals surface area contributed by atoms with E-state index in [-0.39, 0.29) is 11.8 Å². The van der Waals surface area contributed by atoms with Gasteiger partial charge in [0.2, 0.25) is 17.6 Å². The molecule has 0 aromatic heterocycles. The summed E-state index contributed by atoms with van der Waals surface area (Å²) in [5.41, 5.74) is 1.96. The number of carbonyl (C=O) groups is 2. The molecule has 6 heteroatoms. The molecule has 6 nitrogen and oxygen atoms in total. The lowest BCUT2D eigenvalue weighted by molar-refractivity contribution is -0.171. The molecule has 0 spiro atoms. The Morgan fingerprint density at radius 3 is 2.31 bits per heavy atom. The largest absolute Gasteiger partial charge is 0.347 e. The highest BCUT2D eigenvalue weighted by Crippen LogP contribution is 2.53. The van der Waals surface area contributed by atoms with Gasteiger partial charge in [0.25, 0.3) is 0 Å². The molecule has 3 aliphatic heterocycles. The average Bonchev–Trinajstić information content (AvgIpc) is 3.31. The molecule has 4 unspecified atom stereocenters. The summed E-state index contributed by atoms with van der Waals surface area (Å²) in [6.45, 7) is 0. The van der Waals surface area contributed by atoms with Crippen molar-refractivity contribution in [2.45, 2.75) is 12.0 Å². The first-order valence-electron chi connectivity index (χ1n) is 8.47. The van der Waals surface area contributed by atoms with Crippen LogP contribution in [0.1, 0.15) is 5.56 Å². The molecule has 2 bridgehead atoms. The van der Waals surface area contributed by atoms with Crippen LogP contribution in [0, 0.1) is 11.8 Å². The number of imide groups is 1. The molecular weight excluding hydrogens is 332 g/mol. The van der Waals surface area contributed by atoms with Crippen LogP contribution in [-0.4, -0.2) is 36.7 Å².